The molecule has 0 saturated carbocycles. The van der Waals surface area contributed by atoms with Crippen molar-refractivity contribution in [3.05, 3.63) is 78.0 Å². The second kappa shape index (κ2) is 10.5. The second-order valence-electron chi connectivity index (χ2n) is 6.68. The number of nitrogens with one attached hydrogen (secondary N) is 2. The van der Waals surface area contributed by atoms with Crippen LogP contribution in [0.3, 0.4) is 0 Å². The number of hydrazone groups is 1. The molecule has 150 valence electrons. The standard InChI is InChI=1S/C22H25N5OS/c1-17(16-28-2)24-22(29)25-23-13-20-15-27(14-18-9-5-3-6-10-18)26-21(20)19-11-7-4-8-12-19/h3-13,15,17H,14,16H2,1-2H3,(H2,24,25,29)/b23-13-/t17-/m0/s1. The molecule has 0 unspecified atom stereocenters. The van der Waals surface area contributed by atoms with E-state index < -0.39 is 0 Å². The zero-order chi connectivity index (χ0) is 20.5. The van der Waals surface area contributed by atoms with Gasteiger partial charge >= 0.3 is 0 Å². The third-order valence-corrected chi connectivity index (χ3v) is 4.40. The summed E-state index contributed by atoms with van der Waals surface area (Å²) >= 11 is 5.27. The lowest BCUT2D eigenvalue weighted by molar-refractivity contribution is 0.179. The summed E-state index contributed by atoms with van der Waals surface area (Å²) in [5.74, 6) is 0. The number of methoxy groups -OCH3 is 1. The highest BCUT2D eigenvalue weighted by molar-refractivity contribution is 7.80. The van der Waals surface area contributed by atoms with Crippen LogP contribution in [0.5, 0.6) is 0 Å². The molecule has 0 aliphatic carbocycles. The molecule has 3 rings (SSSR count). The van der Waals surface area contributed by atoms with Gasteiger partial charge in [-0.15, -0.1) is 0 Å². The van der Waals surface area contributed by atoms with Gasteiger partial charge in [-0.25, -0.2) is 0 Å². The predicted molar refractivity (Wildman–Crippen MR) is 121 cm³/mol. The van der Waals surface area contributed by atoms with Gasteiger partial charge in [-0.3, -0.25) is 10.1 Å². The summed E-state index contributed by atoms with van der Waals surface area (Å²) in [7, 11) is 1.66. The Morgan fingerprint density at radius 1 is 1.17 bits per heavy atom. The lowest BCUT2D eigenvalue weighted by Gasteiger charge is -2.13. The summed E-state index contributed by atoms with van der Waals surface area (Å²) in [5, 5.41) is 12.6. The SMILES string of the molecule is COC[C@H](C)NC(=S)N/N=C\c1cn(Cc2ccccc2)nc1-c1ccccc1. The summed E-state index contributed by atoms with van der Waals surface area (Å²) in [6.07, 6.45) is 3.73. The molecule has 2 aromatic carbocycles. The summed E-state index contributed by atoms with van der Waals surface area (Å²) in [5.41, 5.74) is 6.86. The summed E-state index contributed by atoms with van der Waals surface area (Å²) in [4.78, 5) is 0. The molecule has 0 amide bonds. The van der Waals surface area contributed by atoms with Gasteiger partial charge in [0.1, 0.15) is 5.69 Å². The molecule has 0 fully saturated rings. The van der Waals surface area contributed by atoms with Crippen LogP contribution in [0.2, 0.25) is 0 Å². The topological polar surface area (TPSA) is 63.5 Å². The Morgan fingerprint density at radius 3 is 2.55 bits per heavy atom. The van der Waals surface area contributed by atoms with Gasteiger partial charge in [0.25, 0.3) is 0 Å². The van der Waals surface area contributed by atoms with E-state index in [0.29, 0.717) is 18.3 Å². The molecule has 0 spiro atoms. The van der Waals surface area contributed by atoms with Crippen molar-refractivity contribution in [2.75, 3.05) is 13.7 Å². The number of hydrogen-bond donors (Lipinski definition) is 2. The molecule has 7 heteroatoms. The normalized spacial score (nSPS) is 12.1. The maximum Gasteiger partial charge on any atom is 0.187 e. The van der Waals surface area contributed by atoms with Gasteiger partial charge in [-0.2, -0.15) is 10.2 Å². The highest BCUT2D eigenvalue weighted by atomic mass is 32.1. The van der Waals surface area contributed by atoms with Crippen LogP contribution < -0.4 is 10.7 Å². The van der Waals surface area contributed by atoms with E-state index in [0.717, 1.165) is 16.8 Å². The Morgan fingerprint density at radius 2 is 1.86 bits per heavy atom. The molecular weight excluding hydrogens is 382 g/mol. The maximum absolute atomic E-state index is 5.27. The summed E-state index contributed by atoms with van der Waals surface area (Å²) < 4.78 is 7.02. The Bertz CT molecular complexity index is 940. The number of rotatable bonds is 8. The molecule has 3 aromatic rings. The number of ether oxygens (including phenoxy) is 1. The Labute approximate surface area is 176 Å². The Hall–Kier alpha value is -3.03. The molecule has 0 aliphatic heterocycles. The van der Waals surface area contributed by atoms with E-state index in [1.807, 2.05) is 66.3 Å². The van der Waals surface area contributed by atoms with Crippen LogP contribution >= 0.6 is 12.2 Å². The van der Waals surface area contributed by atoms with E-state index >= 15 is 0 Å². The quantitative estimate of drug-likeness (QED) is 0.340. The third-order valence-electron chi connectivity index (χ3n) is 4.19. The lowest BCUT2D eigenvalue weighted by atomic mass is 10.1. The fourth-order valence-electron chi connectivity index (χ4n) is 2.91. The van der Waals surface area contributed by atoms with Crippen LogP contribution in [0.25, 0.3) is 11.3 Å². The number of nitrogens with zero attached hydrogens (tertiary/aromatic N) is 3. The lowest BCUT2D eigenvalue weighted by Crippen LogP contribution is -2.40. The van der Waals surface area contributed by atoms with Gasteiger partial charge in [-0.1, -0.05) is 60.7 Å². The van der Waals surface area contributed by atoms with Crippen LogP contribution in [-0.4, -0.2) is 40.9 Å². The molecule has 6 nitrogen and oxygen atoms in total. The van der Waals surface area contributed by atoms with Crippen molar-refractivity contribution < 1.29 is 4.74 Å². The van der Waals surface area contributed by atoms with Crippen molar-refractivity contribution in [1.82, 2.24) is 20.5 Å². The van der Waals surface area contributed by atoms with Gasteiger partial charge in [0.2, 0.25) is 0 Å². The van der Waals surface area contributed by atoms with Crippen LogP contribution in [-0.2, 0) is 11.3 Å². The van der Waals surface area contributed by atoms with Crippen molar-refractivity contribution >= 4 is 23.5 Å². The van der Waals surface area contributed by atoms with Crippen LogP contribution in [0, 0.1) is 0 Å². The first-order valence-corrected chi connectivity index (χ1v) is 9.82. The van der Waals surface area contributed by atoms with Gasteiger partial charge in [0.05, 0.1) is 19.4 Å². The minimum absolute atomic E-state index is 0.101. The van der Waals surface area contributed by atoms with Crippen LogP contribution in [0.1, 0.15) is 18.1 Å². The highest BCUT2D eigenvalue weighted by Gasteiger charge is 2.10. The van der Waals surface area contributed by atoms with Crippen molar-refractivity contribution in [3.8, 4) is 11.3 Å². The van der Waals surface area contributed by atoms with E-state index in [9.17, 15) is 0 Å². The first-order valence-electron chi connectivity index (χ1n) is 9.41. The Balaban J connectivity index is 1.76. The predicted octanol–water partition coefficient (Wildman–Crippen LogP) is 3.43. The number of hydrogen-bond acceptors (Lipinski definition) is 4. The molecule has 1 heterocycles. The highest BCUT2D eigenvalue weighted by Crippen LogP contribution is 2.21. The number of benzene rings is 2. The monoisotopic (exact) mass is 407 g/mol. The minimum atomic E-state index is 0.101. The second-order valence-corrected chi connectivity index (χ2v) is 7.09. The van der Waals surface area contributed by atoms with Crippen molar-refractivity contribution in [3.63, 3.8) is 0 Å². The van der Waals surface area contributed by atoms with E-state index in [1.165, 1.54) is 5.56 Å². The zero-order valence-corrected chi connectivity index (χ0v) is 17.4. The molecule has 0 bridgehead atoms. The van der Waals surface area contributed by atoms with Crippen LogP contribution in [0.15, 0.2) is 72.0 Å². The van der Waals surface area contributed by atoms with Crippen LogP contribution in [0.4, 0.5) is 0 Å². The van der Waals surface area contributed by atoms with E-state index in [2.05, 4.69) is 28.0 Å². The Kier molecular flexibility index (Phi) is 7.49. The molecule has 0 radical (unpaired) electrons. The van der Waals surface area contributed by atoms with Gasteiger partial charge in [0, 0.05) is 30.5 Å². The zero-order valence-electron chi connectivity index (χ0n) is 16.6. The largest absolute Gasteiger partial charge is 0.383 e. The molecular formula is C22H25N5OS. The van der Waals surface area contributed by atoms with Crippen molar-refractivity contribution in [2.24, 2.45) is 5.10 Å². The molecule has 29 heavy (non-hydrogen) atoms. The molecule has 1 atom stereocenters. The maximum atomic E-state index is 5.27. The van der Waals surface area contributed by atoms with Gasteiger partial charge in [0.15, 0.2) is 5.11 Å². The summed E-state index contributed by atoms with van der Waals surface area (Å²) in [6.45, 7) is 3.24. The van der Waals surface area contributed by atoms with Crippen molar-refractivity contribution in [1.29, 1.82) is 0 Å². The van der Waals surface area contributed by atoms with Crippen molar-refractivity contribution in [2.45, 2.75) is 19.5 Å². The number of aromatic nitrogens is 2. The minimum Gasteiger partial charge on any atom is -0.383 e. The fraction of sp³-hybridized carbons (Fsp3) is 0.227. The third kappa shape index (κ3) is 6.23. The number of thiocarbonyl (C=S) groups is 1. The average Bonchev–Trinajstić information content (AvgIpc) is 3.12. The first-order chi connectivity index (χ1) is 14.2. The average molecular weight is 408 g/mol. The molecule has 2 N–H and O–H groups in total. The molecule has 0 saturated heterocycles. The fourth-order valence-corrected chi connectivity index (χ4v) is 3.17. The molecule has 1 aromatic heterocycles. The summed E-state index contributed by atoms with van der Waals surface area (Å²) in [6, 6.07) is 20.4. The van der Waals surface area contributed by atoms with E-state index in [-0.39, 0.29) is 6.04 Å². The molecule has 0 aliphatic rings. The smallest absolute Gasteiger partial charge is 0.187 e. The van der Waals surface area contributed by atoms with E-state index in [1.54, 1.807) is 13.3 Å². The van der Waals surface area contributed by atoms with Gasteiger partial charge in [-0.05, 0) is 24.7 Å². The van der Waals surface area contributed by atoms with Gasteiger partial charge < -0.3 is 10.1 Å². The van der Waals surface area contributed by atoms with E-state index in [4.69, 9.17) is 22.1 Å². The first kappa shape index (κ1) is 20.7.